The van der Waals surface area contributed by atoms with Crippen LogP contribution in [0.1, 0.15) is 33.4 Å². The minimum Gasteiger partial charge on any atom is -0.465 e. The number of thiophene rings is 1. The molecule has 1 fully saturated rings. The van der Waals surface area contributed by atoms with E-state index in [9.17, 15) is 9.59 Å². The fourth-order valence-corrected chi connectivity index (χ4v) is 5.36. The molecule has 0 atom stereocenters. The van der Waals surface area contributed by atoms with Gasteiger partial charge in [-0.15, -0.1) is 22.7 Å². The van der Waals surface area contributed by atoms with Crippen molar-refractivity contribution < 1.29 is 14.3 Å². The number of aromatic nitrogens is 1. The first-order chi connectivity index (χ1) is 13.6. The van der Waals surface area contributed by atoms with Crippen LogP contribution in [0, 0.1) is 0 Å². The third-order valence-electron chi connectivity index (χ3n) is 4.92. The van der Waals surface area contributed by atoms with Gasteiger partial charge in [0.25, 0.3) is 0 Å². The molecule has 1 aromatic carbocycles. The summed E-state index contributed by atoms with van der Waals surface area (Å²) < 4.78 is 5.98. The van der Waals surface area contributed by atoms with E-state index >= 15 is 0 Å². The Labute approximate surface area is 171 Å². The maximum Gasteiger partial charge on any atom is 0.350 e. The van der Waals surface area contributed by atoms with Crippen molar-refractivity contribution in [2.75, 3.05) is 32.1 Å². The van der Waals surface area contributed by atoms with Crippen LogP contribution < -0.4 is 5.32 Å². The largest absolute Gasteiger partial charge is 0.465 e. The minimum atomic E-state index is -0.429. The summed E-state index contributed by atoms with van der Waals surface area (Å²) in [7, 11) is 1.34. The van der Waals surface area contributed by atoms with E-state index in [1.54, 1.807) is 22.8 Å². The standard InChI is InChI=1S/C20H21N3O3S2/c1-26-20(25)18-15(8-11-27-18)21-17(24)12-23-9-6-13(7-10-23)19-22-14-4-2-3-5-16(14)28-19/h2-5,8,11,13H,6-7,9-10,12H2,1H3,(H,21,24). The van der Waals surface area contributed by atoms with Gasteiger partial charge in [-0.3, -0.25) is 9.69 Å². The SMILES string of the molecule is COC(=O)c1sccc1NC(=O)CN1CCC(c2nc3ccccc3s2)CC1. The predicted octanol–water partition coefficient (Wildman–Crippen LogP) is 3.96. The molecule has 4 rings (SSSR count). The molecule has 0 aliphatic carbocycles. The maximum absolute atomic E-state index is 12.4. The number of carbonyl (C=O) groups excluding carboxylic acids is 2. The molecule has 1 N–H and O–H groups in total. The molecule has 146 valence electrons. The number of methoxy groups -OCH3 is 1. The van der Waals surface area contributed by atoms with Crippen molar-refractivity contribution in [1.29, 1.82) is 0 Å². The number of esters is 1. The van der Waals surface area contributed by atoms with E-state index in [2.05, 4.69) is 22.3 Å². The van der Waals surface area contributed by atoms with E-state index in [0.29, 0.717) is 23.0 Å². The Bertz CT molecular complexity index is 956. The van der Waals surface area contributed by atoms with Gasteiger partial charge in [0.15, 0.2) is 0 Å². The maximum atomic E-state index is 12.4. The van der Waals surface area contributed by atoms with Gasteiger partial charge in [-0.25, -0.2) is 9.78 Å². The lowest BCUT2D eigenvalue weighted by atomic mass is 9.97. The number of benzene rings is 1. The van der Waals surface area contributed by atoms with Crippen LogP contribution in [0.4, 0.5) is 5.69 Å². The van der Waals surface area contributed by atoms with Gasteiger partial charge in [0, 0.05) is 5.92 Å². The lowest BCUT2D eigenvalue weighted by Crippen LogP contribution is -2.38. The molecule has 1 amide bonds. The molecule has 0 saturated carbocycles. The third kappa shape index (κ3) is 4.09. The number of carbonyl (C=O) groups is 2. The van der Waals surface area contributed by atoms with E-state index in [1.165, 1.54) is 28.2 Å². The normalized spacial score (nSPS) is 15.6. The molecule has 6 nitrogen and oxygen atoms in total. The summed E-state index contributed by atoms with van der Waals surface area (Å²) in [4.78, 5) is 31.5. The Kier molecular flexibility index (Phi) is 5.70. The third-order valence-corrected chi connectivity index (χ3v) is 7.02. The van der Waals surface area contributed by atoms with Crippen molar-refractivity contribution in [2.24, 2.45) is 0 Å². The molecular weight excluding hydrogens is 394 g/mol. The van der Waals surface area contributed by atoms with Crippen molar-refractivity contribution in [1.82, 2.24) is 9.88 Å². The summed E-state index contributed by atoms with van der Waals surface area (Å²) >= 11 is 3.04. The summed E-state index contributed by atoms with van der Waals surface area (Å²) in [5, 5.41) is 5.80. The average molecular weight is 416 g/mol. The second kappa shape index (κ2) is 8.38. The van der Waals surface area contributed by atoms with Gasteiger partial charge in [0.2, 0.25) is 5.91 Å². The predicted molar refractivity (Wildman–Crippen MR) is 112 cm³/mol. The number of nitrogens with one attached hydrogen (secondary N) is 1. The topological polar surface area (TPSA) is 71.5 Å². The molecule has 3 heterocycles. The molecular formula is C20H21N3O3S2. The van der Waals surface area contributed by atoms with E-state index < -0.39 is 5.97 Å². The number of nitrogens with zero attached hydrogens (tertiary/aromatic N) is 2. The van der Waals surface area contributed by atoms with Gasteiger partial charge >= 0.3 is 5.97 Å². The molecule has 0 radical (unpaired) electrons. The van der Waals surface area contributed by atoms with E-state index in [1.807, 2.05) is 12.1 Å². The summed E-state index contributed by atoms with van der Waals surface area (Å²) in [6.45, 7) is 2.05. The first kappa shape index (κ1) is 19.0. The van der Waals surface area contributed by atoms with Crippen molar-refractivity contribution in [3.05, 3.63) is 45.6 Å². The van der Waals surface area contributed by atoms with Crippen molar-refractivity contribution >= 4 is 50.5 Å². The lowest BCUT2D eigenvalue weighted by molar-refractivity contribution is -0.117. The molecule has 8 heteroatoms. The molecule has 2 aromatic heterocycles. The molecule has 0 spiro atoms. The highest BCUT2D eigenvalue weighted by molar-refractivity contribution is 7.18. The summed E-state index contributed by atoms with van der Waals surface area (Å²) in [6.07, 6.45) is 2.00. The van der Waals surface area contributed by atoms with Crippen LogP contribution >= 0.6 is 22.7 Å². The Hall–Kier alpha value is -2.29. The first-order valence-electron chi connectivity index (χ1n) is 9.17. The van der Waals surface area contributed by atoms with Crippen LogP contribution in [0.2, 0.25) is 0 Å². The highest BCUT2D eigenvalue weighted by atomic mass is 32.1. The molecule has 3 aromatic rings. The Morgan fingerprint density at radius 1 is 1.25 bits per heavy atom. The van der Waals surface area contributed by atoms with Crippen molar-refractivity contribution in [3.63, 3.8) is 0 Å². The number of fused-ring (bicyclic) bond motifs is 1. The number of thiazole rings is 1. The van der Waals surface area contributed by atoms with Crippen LogP contribution in [0.3, 0.4) is 0 Å². The zero-order valence-electron chi connectivity index (χ0n) is 15.5. The Morgan fingerprint density at radius 3 is 2.79 bits per heavy atom. The smallest absolute Gasteiger partial charge is 0.350 e. The Balaban J connectivity index is 1.31. The number of ether oxygens (including phenoxy) is 1. The number of piperidine rings is 1. The monoisotopic (exact) mass is 415 g/mol. The van der Waals surface area contributed by atoms with Gasteiger partial charge in [-0.2, -0.15) is 0 Å². The fourth-order valence-electron chi connectivity index (χ4n) is 3.45. The minimum absolute atomic E-state index is 0.109. The van der Waals surface area contributed by atoms with Crippen molar-refractivity contribution in [2.45, 2.75) is 18.8 Å². The van der Waals surface area contributed by atoms with Crippen LogP contribution in [0.15, 0.2) is 35.7 Å². The fraction of sp³-hybridized carbons (Fsp3) is 0.350. The van der Waals surface area contributed by atoms with E-state index in [-0.39, 0.29) is 5.91 Å². The number of hydrogen-bond acceptors (Lipinski definition) is 7. The second-order valence-electron chi connectivity index (χ2n) is 6.77. The quantitative estimate of drug-likeness (QED) is 0.639. The zero-order chi connectivity index (χ0) is 19.5. The number of likely N-dealkylation sites (tertiary alicyclic amines) is 1. The number of anilines is 1. The summed E-state index contributed by atoms with van der Waals surface area (Å²) in [5.74, 6) is -0.0801. The lowest BCUT2D eigenvalue weighted by Gasteiger charge is -2.30. The first-order valence-corrected chi connectivity index (χ1v) is 10.9. The van der Waals surface area contributed by atoms with Crippen LogP contribution in [-0.4, -0.2) is 48.5 Å². The van der Waals surface area contributed by atoms with E-state index in [4.69, 9.17) is 9.72 Å². The molecule has 0 unspecified atom stereocenters. The van der Waals surface area contributed by atoms with Crippen LogP contribution in [-0.2, 0) is 9.53 Å². The summed E-state index contributed by atoms with van der Waals surface area (Å²) in [5.41, 5.74) is 1.59. The second-order valence-corrected chi connectivity index (χ2v) is 8.75. The van der Waals surface area contributed by atoms with Crippen LogP contribution in [0.25, 0.3) is 10.2 Å². The number of para-hydroxylation sites is 1. The van der Waals surface area contributed by atoms with Gasteiger partial charge in [0.1, 0.15) is 4.88 Å². The number of amides is 1. The van der Waals surface area contributed by atoms with Crippen LogP contribution in [0.5, 0.6) is 0 Å². The Morgan fingerprint density at radius 2 is 2.04 bits per heavy atom. The zero-order valence-corrected chi connectivity index (χ0v) is 17.1. The number of rotatable bonds is 5. The van der Waals surface area contributed by atoms with Gasteiger partial charge in [-0.05, 0) is 49.5 Å². The van der Waals surface area contributed by atoms with Crippen molar-refractivity contribution in [3.8, 4) is 0 Å². The highest BCUT2D eigenvalue weighted by Crippen LogP contribution is 2.33. The highest BCUT2D eigenvalue weighted by Gasteiger charge is 2.25. The van der Waals surface area contributed by atoms with E-state index in [0.717, 1.165) is 31.4 Å². The summed E-state index contributed by atoms with van der Waals surface area (Å²) in [6, 6.07) is 9.97. The number of hydrogen-bond donors (Lipinski definition) is 1. The molecule has 1 saturated heterocycles. The average Bonchev–Trinajstić information content (AvgIpc) is 3.34. The molecule has 0 bridgehead atoms. The molecule has 1 aliphatic heterocycles. The van der Waals surface area contributed by atoms with Gasteiger partial charge in [-0.1, -0.05) is 12.1 Å². The van der Waals surface area contributed by atoms with Gasteiger partial charge in [0.05, 0.1) is 34.6 Å². The molecule has 1 aliphatic rings. The molecule has 28 heavy (non-hydrogen) atoms. The van der Waals surface area contributed by atoms with Gasteiger partial charge < -0.3 is 10.1 Å².